The number of nitrogens with zero attached hydrogens (tertiary/aromatic N) is 1. The lowest BCUT2D eigenvalue weighted by Gasteiger charge is -2.31. The predicted octanol–water partition coefficient (Wildman–Crippen LogP) is 3.79. The Morgan fingerprint density at radius 2 is 1.77 bits per heavy atom. The van der Waals surface area contributed by atoms with E-state index in [0.717, 1.165) is 19.5 Å². The van der Waals surface area contributed by atoms with Crippen molar-refractivity contribution in [1.29, 1.82) is 0 Å². The molecule has 0 spiro atoms. The van der Waals surface area contributed by atoms with E-state index in [1.165, 1.54) is 17.0 Å². The Labute approximate surface area is 182 Å². The van der Waals surface area contributed by atoms with Crippen molar-refractivity contribution in [2.45, 2.75) is 13.3 Å². The molecule has 0 aromatic heterocycles. The summed E-state index contributed by atoms with van der Waals surface area (Å²) >= 11 is 5.90. The molecule has 10 heteroatoms. The van der Waals surface area contributed by atoms with Crippen LogP contribution >= 0.6 is 11.6 Å². The minimum Gasteiger partial charge on any atom is -0.473 e. The van der Waals surface area contributed by atoms with Gasteiger partial charge in [-0.2, -0.15) is 0 Å². The van der Waals surface area contributed by atoms with Gasteiger partial charge in [-0.1, -0.05) is 42.8 Å². The van der Waals surface area contributed by atoms with Crippen molar-refractivity contribution in [3.05, 3.63) is 53.3 Å². The largest absolute Gasteiger partial charge is 0.473 e. The molecule has 3 rings (SSSR count). The van der Waals surface area contributed by atoms with E-state index >= 15 is 0 Å². The van der Waals surface area contributed by atoms with Gasteiger partial charge >= 0.3 is 18.0 Å². The van der Waals surface area contributed by atoms with Crippen LogP contribution in [0, 0.1) is 11.2 Å². The zero-order valence-corrected chi connectivity index (χ0v) is 17.4. The minimum atomic E-state index is -1.82. The van der Waals surface area contributed by atoms with Crippen LogP contribution in [0.5, 0.6) is 0 Å². The maximum absolute atomic E-state index is 13.5. The number of anilines is 1. The van der Waals surface area contributed by atoms with E-state index in [1.807, 2.05) is 12.1 Å². The summed E-state index contributed by atoms with van der Waals surface area (Å²) in [6.07, 6.45) is -0.0878. The second-order valence-corrected chi connectivity index (χ2v) is 7.77. The Balaban J connectivity index is 0.000000501. The van der Waals surface area contributed by atoms with Crippen LogP contribution in [-0.2, 0) is 9.59 Å². The topological polar surface area (TPSA) is 127 Å². The number of nitrogens with one attached hydrogen (secondary N) is 1. The standard InChI is InChI=1S/C19H20ClFN2O2.C2H2O4/c1-19(8-9-22-11-19)12-23(18(24)25)17-5-3-2-4-14(17)13-6-7-16(21)15(20)10-13;3-1(4)2(5)6/h2-7,10,22H,8-9,11-12H2,1H3,(H,24,25);(H,3,4)(H,5,6). The molecule has 8 nitrogen and oxygen atoms in total. The van der Waals surface area contributed by atoms with Gasteiger partial charge in [-0.3, -0.25) is 4.90 Å². The van der Waals surface area contributed by atoms with Gasteiger partial charge in [-0.25, -0.2) is 18.8 Å². The number of carboxylic acid groups (broad SMARTS) is 3. The quantitative estimate of drug-likeness (QED) is 0.520. The number of carboxylic acids is 2. The molecule has 1 unspecified atom stereocenters. The van der Waals surface area contributed by atoms with Crippen LogP contribution in [0.15, 0.2) is 42.5 Å². The molecule has 0 aliphatic carbocycles. The number of benzene rings is 2. The molecule has 31 heavy (non-hydrogen) atoms. The SMILES string of the molecule is CC1(CN(C(=O)O)c2ccccc2-c2ccc(F)c(Cl)c2)CCNC1.O=C(O)C(=O)O. The summed E-state index contributed by atoms with van der Waals surface area (Å²) in [4.78, 5) is 31.5. The molecular formula is C21H22ClFN2O6. The van der Waals surface area contributed by atoms with E-state index in [0.29, 0.717) is 23.4 Å². The van der Waals surface area contributed by atoms with Gasteiger partial charge in [0.2, 0.25) is 0 Å². The average molecular weight is 453 g/mol. The smallest absolute Gasteiger partial charge is 0.414 e. The molecule has 0 saturated carbocycles. The summed E-state index contributed by atoms with van der Waals surface area (Å²) in [6.45, 7) is 4.14. The number of hydrogen-bond acceptors (Lipinski definition) is 4. The second-order valence-electron chi connectivity index (χ2n) is 7.36. The molecule has 1 fully saturated rings. The fourth-order valence-electron chi connectivity index (χ4n) is 3.26. The van der Waals surface area contributed by atoms with Crippen molar-refractivity contribution < 1.29 is 34.1 Å². The molecule has 1 saturated heterocycles. The number of aliphatic carboxylic acids is 2. The molecule has 0 bridgehead atoms. The molecule has 1 amide bonds. The van der Waals surface area contributed by atoms with Crippen LogP contribution in [0.1, 0.15) is 13.3 Å². The maximum Gasteiger partial charge on any atom is 0.414 e. The van der Waals surface area contributed by atoms with E-state index in [1.54, 1.807) is 18.2 Å². The second kappa shape index (κ2) is 10.2. The van der Waals surface area contributed by atoms with Crippen LogP contribution in [0.4, 0.5) is 14.9 Å². The van der Waals surface area contributed by atoms with Crippen LogP contribution in [-0.4, -0.2) is 53.0 Å². The monoisotopic (exact) mass is 452 g/mol. The van der Waals surface area contributed by atoms with Crippen LogP contribution in [0.2, 0.25) is 5.02 Å². The summed E-state index contributed by atoms with van der Waals surface area (Å²) in [6, 6.07) is 11.6. The maximum atomic E-state index is 13.5. The number of amides is 1. The van der Waals surface area contributed by atoms with E-state index in [4.69, 9.17) is 31.4 Å². The molecule has 1 aliphatic heterocycles. The fourth-order valence-corrected chi connectivity index (χ4v) is 3.44. The molecule has 2 aromatic rings. The van der Waals surface area contributed by atoms with Crippen molar-refractivity contribution >= 4 is 35.3 Å². The Morgan fingerprint density at radius 1 is 1.13 bits per heavy atom. The number of para-hydroxylation sites is 1. The highest BCUT2D eigenvalue weighted by Gasteiger charge is 2.33. The van der Waals surface area contributed by atoms with Gasteiger partial charge in [0.1, 0.15) is 5.82 Å². The van der Waals surface area contributed by atoms with E-state index in [9.17, 15) is 14.3 Å². The average Bonchev–Trinajstić information content (AvgIpc) is 3.15. The van der Waals surface area contributed by atoms with Crippen molar-refractivity contribution in [3.63, 3.8) is 0 Å². The van der Waals surface area contributed by atoms with Crippen molar-refractivity contribution in [3.8, 4) is 11.1 Å². The summed E-state index contributed by atoms with van der Waals surface area (Å²) in [5.74, 6) is -4.15. The van der Waals surface area contributed by atoms with Gasteiger partial charge in [-0.15, -0.1) is 0 Å². The highest BCUT2D eigenvalue weighted by molar-refractivity contribution is 6.31. The first-order valence-corrected chi connectivity index (χ1v) is 9.64. The van der Waals surface area contributed by atoms with Crippen LogP contribution < -0.4 is 10.2 Å². The highest BCUT2D eigenvalue weighted by atomic mass is 35.5. The molecule has 4 N–H and O–H groups in total. The lowest BCUT2D eigenvalue weighted by Crippen LogP contribution is -2.40. The summed E-state index contributed by atoms with van der Waals surface area (Å²) in [5.41, 5.74) is 1.85. The lowest BCUT2D eigenvalue weighted by molar-refractivity contribution is -0.159. The van der Waals surface area contributed by atoms with Gasteiger partial charge in [0, 0.05) is 18.7 Å². The lowest BCUT2D eigenvalue weighted by atomic mass is 9.88. The number of hydrogen-bond donors (Lipinski definition) is 4. The van der Waals surface area contributed by atoms with Gasteiger partial charge in [0.05, 0.1) is 10.7 Å². The molecule has 1 heterocycles. The first kappa shape index (κ1) is 24.1. The molecule has 0 radical (unpaired) electrons. The van der Waals surface area contributed by atoms with Crippen LogP contribution in [0.3, 0.4) is 0 Å². The Hall–Kier alpha value is -3.17. The number of carbonyl (C=O) groups is 3. The summed E-state index contributed by atoms with van der Waals surface area (Å²) in [5, 5.41) is 27.9. The zero-order chi connectivity index (χ0) is 23.2. The van der Waals surface area contributed by atoms with Gasteiger partial charge in [0.15, 0.2) is 0 Å². The zero-order valence-electron chi connectivity index (χ0n) is 16.6. The van der Waals surface area contributed by atoms with Crippen molar-refractivity contribution in [2.24, 2.45) is 5.41 Å². The first-order valence-electron chi connectivity index (χ1n) is 9.26. The van der Waals surface area contributed by atoms with Crippen molar-refractivity contribution in [1.82, 2.24) is 5.32 Å². The third-order valence-corrected chi connectivity index (χ3v) is 5.13. The predicted molar refractivity (Wildman–Crippen MR) is 113 cm³/mol. The first-order chi connectivity index (χ1) is 14.5. The molecule has 2 aromatic carbocycles. The third kappa shape index (κ3) is 6.40. The van der Waals surface area contributed by atoms with Gasteiger partial charge in [-0.05, 0) is 42.1 Å². The Kier molecular flexibility index (Phi) is 7.95. The number of rotatable bonds is 4. The molecular weight excluding hydrogens is 431 g/mol. The molecule has 166 valence electrons. The fraction of sp³-hybridized carbons (Fsp3) is 0.286. The highest BCUT2D eigenvalue weighted by Crippen LogP contribution is 2.35. The van der Waals surface area contributed by atoms with Crippen molar-refractivity contribution in [2.75, 3.05) is 24.5 Å². The third-order valence-electron chi connectivity index (χ3n) is 4.84. The van der Waals surface area contributed by atoms with Crippen LogP contribution in [0.25, 0.3) is 11.1 Å². The number of halogens is 2. The minimum absolute atomic E-state index is 0.0149. The van der Waals surface area contributed by atoms with E-state index in [2.05, 4.69) is 12.2 Å². The van der Waals surface area contributed by atoms with E-state index in [-0.39, 0.29) is 10.4 Å². The summed E-state index contributed by atoms with van der Waals surface area (Å²) < 4.78 is 13.5. The molecule has 1 atom stereocenters. The van der Waals surface area contributed by atoms with Gasteiger partial charge < -0.3 is 20.6 Å². The normalized spacial score (nSPS) is 17.4. The Bertz CT molecular complexity index is 966. The van der Waals surface area contributed by atoms with Gasteiger partial charge in [0.25, 0.3) is 0 Å². The molecule has 1 aliphatic rings. The van der Waals surface area contributed by atoms with E-state index < -0.39 is 23.8 Å². The summed E-state index contributed by atoms with van der Waals surface area (Å²) in [7, 11) is 0. The Morgan fingerprint density at radius 3 is 2.29 bits per heavy atom.